The van der Waals surface area contributed by atoms with Crippen molar-refractivity contribution in [1.29, 1.82) is 0 Å². The molecule has 0 spiro atoms. The number of esters is 2. The molecule has 4 nitrogen and oxygen atoms in total. The summed E-state index contributed by atoms with van der Waals surface area (Å²) in [5.41, 5.74) is 0. The Labute approximate surface area is 158 Å². The second-order valence-electron chi connectivity index (χ2n) is 6.45. The minimum Gasteiger partial charge on any atom is -0.456 e. The Morgan fingerprint density at radius 1 is 1.00 bits per heavy atom. The summed E-state index contributed by atoms with van der Waals surface area (Å²) in [6.45, 7) is 0.474. The molecule has 0 aliphatic heterocycles. The topological polar surface area (TPSA) is 52.6 Å². The Morgan fingerprint density at radius 2 is 1.67 bits per heavy atom. The van der Waals surface area contributed by atoms with Crippen molar-refractivity contribution in [2.24, 2.45) is 5.92 Å². The molecule has 0 radical (unpaired) electrons. The summed E-state index contributed by atoms with van der Waals surface area (Å²) in [6, 6.07) is 8.47. The molecule has 152 valence electrons. The summed E-state index contributed by atoms with van der Waals surface area (Å²) in [4.78, 5) is 23.9. The summed E-state index contributed by atoms with van der Waals surface area (Å²) in [5.74, 6) is -1.79. The lowest BCUT2D eigenvalue weighted by Crippen LogP contribution is -2.26. The predicted octanol–water partition coefficient (Wildman–Crippen LogP) is 5.45. The van der Waals surface area contributed by atoms with E-state index in [0.29, 0.717) is 18.6 Å². The minimum atomic E-state index is -4.56. The van der Waals surface area contributed by atoms with Crippen molar-refractivity contribution in [2.45, 2.75) is 64.5 Å². The largest absolute Gasteiger partial charge is 0.456 e. The fourth-order valence-electron chi connectivity index (χ4n) is 2.61. The first-order valence-electron chi connectivity index (χ1n) is 9.31. The number of carbonyl (C=O) groups is 2. The molecule has 0 heterocycles. The quantitative estimate of drug-likeness (QED) is 0.271. The number of carbonyl (C=O) groups excluding carboxylic acids is 2. The van der Waals surface area contributed by atoms with Crippen LogP contribution in [0, 0.1) is 5.92 Å². The van der Waals surface area contributed by atoms with Gasteiger partial charge in [0.05, 0.1) is 5.92 Å². The van der Waals surface area contributed by atoms with Gasteiger partial charge in [0.2, 0.25) is 0 Å². The summed E-state index contributed by atoms with van der Waals surface area (Å²) in [6.07, 6.45) is 0.648. The van der Waals surface area contributed by atoms with Gasteiger partial charge in [-0.25, -0.2) is 0 Å². The van der Waals surface area contributed by atoms with Crippen molar-refractivity contribution in [2.75, 3.05) is 6.61 Å². The molecule has 0 saturated heterocycles. The van der Waals surface area contributed by atoms with Crippen LogP contribution in [0.4, 0.5) is 13.2 Å². The number of benzene rings is 1. The standard InChI is InChI=1S/C20H27F3O4/c1-2-3-4-5-7-10-16(19(25)26-15-20(21,22)23)13-14-18(24)27-17-11-8-6-9-12-17/h6,8-9,11-12,16H,2-5,7,10,13-15H2,1H3. The third-order valence-corrected chi connectivity index (χ3v) is 4.04. The van der Waals surface area contributed by atoms with Crippen LogP contribution in [0.3, 0.4) is 0 Å². The lowest BCUT2D eigenvalue weighted by Gasteiger charge is -2.16. The van der Waals surface area contributed by atoms with Crippen molar-refractivity contribution in [3.05, 3.63) is 30.3 Å². The van der Waals surface area contributed by atoms with E-state index in [1.54, 1.807) is 30.3 Å². The van der Waals surface area contributed by atoms with Gasteiger partial charge in [-0.1, -0.05) is 57.2 Å². The van der Waals surface area contributed by atoms with E-state index in [-0.39, 0.29) is 12.8 Å². The zero-order valence-electron chi connectivity index (χ0n) is 15.6. The Balaban J connectivity index is 2.50. The van der Waals surface area contributed by atoms with Gasteiger partial charge in [0.1, 0.15) is 5.75 Å². The molecule has 1 aromatic carbocycles. The molecule has 7 heteroatoms. The molecule has 0 saturated carbocycles. The predicted molar refractivity (Wildman–Crippen MR) is 95.2 cm³/mol. The number of para-hydroxylation sites is 1. The minimum absolute atomic E-state index is 0.0599. The van der Waals surface area contributed by atoms with Crippen molar-refractivity contribution >= 4 is 11.9 Å². The molecular weight excluding hydrogens is 361 g/mol. The van der Waals surface area contributed by atoms with E-state index in [9.17, 15) is 22.8 Å². The van der Waals surface area contributed by atoms with Crippen LogP contribution < -0.4 is 4.74 Å². The maximum Gasteiger partial charge on any atom is 0.422 e. The van der Waals surface area contributed by atoms with Crippen molar-refractivity contribution in [1.82, 2.24) is 0 Å². The molecule has 1 atom stereocenters. The summed E-state index contributed by atoms with van der Waals surface area (Å²) in [5, 5.41) is 0. The average Bonchev–Trinajstić information content (AvgIpc) is 2.62. The zero-order valence-corrected chi connectivity index (χ0v) is 15.6. The fourth-order valence-corrected chi connectivity index (χ4v) is 2.61. The van der Waals surface area contributed by atoms with Crippen LogP contribution >= 0.6 is 0 Å². The van der Waals surface area contributed by atoms with E-state index >= 15 is 0 Å². The third-order valence-electron chi connectivity index (χ3n) is 4.04. The average molecular weight is 388 g/mol. The van der Waals surface area contributed by atoms with Gasteiger partial charge < -0.3 is 9.47 Å². The maximum absolute atomic E-state index is 12.3. The number of unbranched alkanes of at least 4 members (excludes halogenated alkanes) is 4. The number of ether oxygens (including phenoxy) is 2. The van der Waals surface area contributed by atoms with Gasteiger partial charge in [-0.2, -0.15) is 13.2 Å². The second kappa shape index (κ2) is 12.4. The number of alkyl halides is 3. The third kappa shape index (κ3) is 11.3. The monoisotopic (exact) mass is 388 g/mol. The molecule has 0 fully saturated rings. The van der Waals surface area contributed by atoms with E-state index in [1.165, 1.54) is 0 Å². The Morgan fingerprint density at radius 3 is 2.30 bits per heavy atom. The molecule has 27 heavy (non-hydrogen) atoms. The molecule has 0 bridgehead atoms. The molecule has 0 N–H and O–H groups in total. The van der Waals surface area contributed by atoms with Gasteiger partial charge in [-0.05, 0) is 25.0 Å². The van der Waals surface area contributed by atoms with Crippen LogP contribution in [0.15, 0.2) is 30.3 Å². The molecule has 1 rings (SSSR count). The maximum atomic E-state index is 12.3. The number of hydrogen-bond donors (Lipinski definition) is 0. The zero-order chi connectivity index (χ0) is 20.1. The van der Waals surface area contributed by atoms with Crippen molar-refractivity contribution in [3.8, 4) is 5.75 Å². The number of hydrogen-bond acceptors (Lipinski definition) is 4. The van der Waals surface area contributed by atoms with E-state index in [1.807, 2.05) is 0 Å². The SMILES string of the molecule is CCCCCCCC(CCC(=O)Oc1ccccc1)C(=O)OCC(F)(F)F. The summed E-state index contributed by atoms with van der Waals surface area (Å²) < 4.78 is 46.4. The van der Waals surface area contributed by atoms with Gasteiger partial charge >= 0.3 is 18.1 Å². The van der Waals surface area contributed by atoms with Crippen LogP contribution in [0.2, 0.25) is 0 Å². The smallest absolute Gasteiger partial charge is 0.422 e. The van der Waals surface area contributed by atoms with Crippen LogP contribution in [-0.4, -0.2) is 24.7 Å². The molecule has 1 unspecified atom stereocenters. The Bertz CT molecular complexity index is 558. The highest BCUT2D eigenvalue weighted by atomic mass is 19.4. The molecule has 0 aromatic heterocycles. The summed E-state index contributed by atoms with van der Waals surface area (Å²) in [7, 11) is 0. The van der Waals surface area contributed by atoms with E-state index in [0.717, 1.165) is 25.7 Å². The van der Waals surface area contributed by atoms with E-state index in [2.05, 4.69) is 11.7 Å². The first kappa shape index (κ1) is 23.0. The van der Waals surface area contributed by atoms with Crippen molar-refractivity contribution in [3.63, 3.8) is 0 Å². The lowest BCUT2D eigenvalue weighted by atomic mass is 9.96. The number of halogens is 3. The molecular formula is C20H27F3O4. The molecule has 0 amide bonds. The highest BCUT2D eigenvalue weighted by molar-refractivity contribution is 5.75. The lowest BCUT2D eigenvalue weighted by molar-refractivity contribution is -0.189. The first-order valence-corrected chi connectivity index (χ1v) is 9.31. The number of rotatable bonds is 12. The fraction of sp³-hybridized carbons (Fsp3) is 0.600. The van der Waals surface area contributed by atoms with Crippen LogP contribution in [0.5, 0.6) is 5.75 Å². The van der Waals surface area contributed by atoms with Gasteiger partial charge in [-0.3, -0.25) is 9.59 Å². The van der Waals surface area contributed by atoms with E-state index in [4.69, 9.17) is 4.74 Å². The molecule has 1 aromatic rings. The van der Waals surface area contributed by atoms with Crippen LogP contribution in [0.25, 0.3) is 0 Å². The molecule has 0 aliphatic carbocycles. The molecule has 0 aliphatic rings. The normalized spacial score (nSPS) is 12.4. The Hall–Kier alpha value is -2.05. The van der Waals surface area contributed by atoms with Gasteiger partial charge in [0.15, 0.2) is 6.61 Å². The second-order valence-corrected chi connectivity index (χ2v) is 6.45. The van der Waals surface area contributed by atoms with Gasteiger partial charge in [0, 0.05) is 6.42 Å². The summed E-state index contributed by atoms with van der Waals surface area (Å²) >= 11 is 0. The van der Waals surface area contributed by atoms with E-state index < -0.39 is 30.6 Å². The van der Waals surface area contributed by atoms with Gasteiger partial charge in [-0.15, -0.1) is 0 Å². The van der Waals surface area contributed by atoms with Gasteiger partial charge in [0.25, 0.3) is 0 Å². The van der Waals surface area contributed by atoms with Crippen molar-refractivity contribution < 1.29 is 32.2 Å². The Kier molecular flexibility index (Phi) is 10.5. The van der Waals surface area contributed by atoms with Crippen LogP contribution in [-0.2, 0) is 14.3 Å². The highest BCUT2D eigenvalue weighted by Crippen LogP contribution is 2.22. The van der Waals surface area contributed by atoms with Crippen LogP contribution in [0.1, 0.15) is 58.3 Å². The first-order chi connectivity index (χ1) is 12.8. The highest BCUT2D eigenvalue weighted by Gasteiger charge is 2.31.